The van der Waals surface area contributed by atoms with Gasteiger partial charge in [-0.25, -0.2) is 0 Å². The van der Waals surface area contributed by atoms with E-state index in [4.69, 9.17) is 5.73 Å². The van der Waals surface area contributed by atoms with E-state index < -0.39 is 5.54 Å². The molecule has 108 valence electrons. The van der Waals surface area contributed by atoms with Gasteiger partial charge >= 0.3 is 0 Å². The molecule has 2 rings (SSSR count). The molecule has 5 heteroatoms. The number of anilines is 1. The second-order valence-corrected chi connectivity index (χ2v) is 5.78. The second kappa shape index (κ2) is 4.81. The number of aryl methyl sites for hydroxylation is 1. The highest BCUT2D eigenvalue weighted by molar-refractivity contribution is 6.04. The molecule has 0 bridgehead atoms. The van der Waals surface area contributed by atoms with E-state index in [9.17, 15) is 9.59 Å². The normalized spacial score (nSPS) is 18.3. The molecule has 1 saturated heterocycles. The minimum Gasteiger partial charge on any atom is -0.398 e. The summed E-state index contributed by atoms with van der Waals surface area (Å²) in [4.78, 5) is 28.3. The number of nitrogen functional groups attached to an aromatic ring is 1. The van der Waals surface area contributed by atoms with Gasteiger partial charge in [0.15, 0.2) is 0 Å². The first-order valence-electron chi connectivity index (χ1n) is 6.69. The van der Waals surface area contributed by atoms with Crippen LogP contribution in [0.3, 0.4) is 0 Å². The number of hydrogen-bond donors (Lipinski definition) is 1. The highest BCUT2D eigenvalue weighted by atomic mass is 16.2. The molecule has 1 fully saturated rings. The summed E-state index contributed by atoms with van der Waals surface area (Å²) in [5.41, 5.74) is 6.87. The first kappa shape index (κ1) is 14.4. The van der Waals surface area contributed by atoms with E-state index in [1.165, 1.54) is 0 Å². The maximum atomic E-state index is 12.8. The van der Waals surface area contributed by atoms with Gasteiger partial charge in [0.25, 0.3) is 5.91 Å². The molecule has 0 radical (unpaired) electrons. The maximum Gasteiger partial charge on any atom is 0.257 e. The molecule has 1 aliphatic rings. The van der Waals surface area contributed by atoms with E-state index in [0.717, 1.165) is 5.56 Å². The molecule has 0 spiro atoms. The van der Waals surface area contributed by atoms with Crippen LogP contribution in [0.5, 0.6) is 0 Å². The van der Waals surface area contributed by atoms with E-state index >= 15 is 0 Å². The maximum absolute atomic E-state index is 12.8. The number of carbonyl (C=O) groups is 2. The van der Waals surface area contributed by atoms with Crippen molar-refractivity contribution in [1.82, 2.24) is 9.80 Å². The number of carbonyl (C=O) groups excluding carboxylic acids is 2. The average molecular weight is 275 g/mol. The zero-order valence-corrected chi connectivity index (χ0v) is 12.4. The molecule has 1 aliphatic heterocycles. The van der Waals surface area contributed by atoms with E-state index in [1.807, 2.05) is 19.1 Å². The zero-order valence-electron chi connectivity index (χ0n) is 12.4. The van der Waals surface area contributed by atoms with Crippen molar-refractivity contribution in [2.45, 2.75) is 26.3 Å². The predicted octanol–water partition coefficient (Wildman–Crippen LogP) is 1.27. The Labute approximate surface area is 119 Å². The number of nitrogens with zero attached hydrogens (tertiary/aromatic N) is 2. The van der Waals surface area contributed by atoms with E-state index in [1.54, 1.807) is 36.8 Å². The van der Waals surface area contributed by atoms with Crippen molar-refractivity contribution in [1.29, 1.82) is 0 Å². The highest BCUT2D eigenvalue weighted by Gasteiger charge is 2.43. The van der Waals surface area contributed by atoms with Crippen LogP contribution in [0.4, 0.5) is 5.69 Å². The second-order valence-electron chi connectivity index (χ2n) is 5.78. The zero-order chi connectivity index (χ0) is 15.1. The number of likely N-dealkylation sites (N-methyl/N-ethyl adjacent to an activating group) is 1. The Morgan fingerprint density at radius 3 is 2.55 bits per heavy atom. The summed E-state index contributed by atoms with van der Waals surface area (Å²) < 4.78 is 0. The van der Waals surface area contributed by atoms with Gasteiger partial charge in [-0.3, -0.25) is 9.59 Å². The monoisotopic (exact) mass is 275 g/mol. The van der Waals surface area contributed by atoms with Crippen LogP contribution in [-0.4, -0.2) is 47.3 Å². The molecule has 0 aromatic heterocycles. The lowest BCUT2D eigenvalue weighted by molar-refractivity contribution is -0.144. The summed E-state index contributed by atoms with van der Waals surface area (Å²) in [6.45, 7) is 6.46. The van der Waals surface area contributed by atoms with Crippen molar-refractivity contribution in [3.05, 3.63) is 29.3 Å². The largest absolute Gasteiger partial charge is 0.398 e. The van der Waals surface area contributed by atoms with Gasteiger partial charge in [0, 0.05) is 25.8 Å². The lowest BCUT2D eigenvalue weighted by Gasteiger charge is -2.45. The van der Waals surface area contributed by atoms with Gasteiger partial charge in [-0.05, 0) is 32.4 Å². The van der Waals surface area contributed by atoms with Crippen LogP contribution in [0.1, 0.15) is 29.8 Å². The molecule has 1 heterocycles. The smallest absolute Gasteiger partial charge is 0.257 e. The fraction of sp³-hybridized carbons (Fsp3) is 0.467. The molecular formula is C15H21N3O2. The van der Waals surface area contributed by atoms with Crippen molar-refractivity contribution in [3.63, 3.8) is 0 Å². The number of amides is 2. The third-order valence-corrected chi connectivity index (χ3v) is 3.97. The van der Waals surface area contributed by atoms with Gasteiger partial charge in [-0.2, -0.15) is 0 Å². The SMILES string of the molecule is Cc1cccc(N)c1C(=O)N1CCN(C)C(=O)C1(C)C. The summed E-state index contributed by atoms with van der Waals surface area (Å²) in [6.07, 6.45) is 0. The van der Waals surface area contributed by atoms with Crippen LogP contribution in [0.2, 0.25) is 0 Å². The third kappa shape index (κ3) is 2.13. The first-order chi connectivity index (χ1) is 9.26. The Balaban J connectivity index is 2.41. The lowest BCUT2D eigenvalue weighted by Crippen LogP contribution is -2.63. The van der Waals surface area contributed by atoms with E-state index in [2.05, 4.69) is 0 Å². The Morgan fingerprint density at radius 1 is 1.30 bits per heavy atom. The number of benzene rings is 1. The van der Waals surface area contributed by atoms with Gasteiger partial charge in [0.1, 0.15) is 5.54 Å². The lowest BCUT2D eigenvalue weighted by atomic mass is 9.95. The minimum atomic E-state index is -0.848. The van der Waals surface area contributed by atoms with Gasteiger partial charge < -0.3 is 15.5 Å². The molecule has 2 N–H and O–H groups in total. The predicted molar refractivity (Wildman–Crippen MR) is 78.3 cm³/mol. The molecule has 1 aromatic rings. The molecule has 0 atom stereocenters. The fourth-order valence-electron chi connectivity index (χ4n) is 2.69. The number of hydrogen-bond acceptors (Lipinski definition) is 3. The molecular weight excluding hydrogens is 254 g/mol. The van der Waals surface area contributed by atoms with Crippen molar-refractivity contribution in [3.8, 4) is 0 Å². The van der Waals surface area contributed by atoms with Crippen molar-refractivity contribution in [2.24, 2.45) is 0 Å². The number of piperazine rings is 1. The molecule has 1 aromatic carbocycles. The summed E-state index contributed by atoms with van der Waals surface area (Å²) in [5.74, 6) is -0.226. The number of rotatable bonds is 1. The Bertz CT molecular complexity index is 546. The summed E-state index contributed by atoms with van der Waals surface area (Å²) in [6, 6.07) is 5.39. The molecule has 0 unspecified atom stereocenters. The molecule has 0 aliphatic carbocycles. The van der Waals surface area contributed by atoms with Crippen molar-refractivity contribution < 1.29 is 9.59 Å². The number of nitrogens with two attached hydrogens (primary N) is 1. The van der Waals surface area contributed by atoms with Gasteiger partial charge in [0.05, 0.1) is 5.56 Å². The van der Waals surface area contributed by atoms with Crippen LogP contribution in [0.25, 0.3) is 0 Å². The third-order valence-electron chi connectivity index (χ3n) is 3.97. The van der Waals surface area contributed by atoms with Crippen LogP contribution in [0.15, 0.2) is 18.2 Å². The van der Waals surface area contributed by atoms with E-state index in [0.29, 0.717) is 24.3 Å². The van der Waals surface area contributed by atoms with Crippen LogP contribution in [-0.2, 0) is 4.79 Å². The topological polar surface area (TPSA) is 66.6 Å². The molecule has 5 nitrogen and oxygen atoms in total. The molecule has 2 amide bonds. The average Bonchev–Trinajstić information content (AvgIpc) is 2.35. The van der Waals surface area contributed by atoms with Crippen LogP contribution >= 0.6 is 0 Å². The summed E-state index contributed by atoms with van der Waals surface area (Å²) in [5, 5.41) is 0. The Kier molecular flexibility index (Phi) is 3.46. The molecule has 0 saturated carbocycles. The van der Waals surface area contributed by atoms with Gasteiger partial charge in [-0.15, -0.1) is 0 Å². The van der Waals surface area contributed by atoms with Gasteiger partial charge in [0.2, 0.25) is 5.91 Å². The quantitative estimate of drug-likeness (QED) is 0.785. The summed E-state index contributed by atoms with van der Waals surface area (Å²) in [7, 11) is 1.76. The fourth-order valence-corrected chi connectivity index (χ4v) is 2.69. The van der Waals surface area contributed by atoms with E-state index in [-0.39, 0.29) is 11.8 Å². The minimum absolute atomic E-state index is 0.0516. The first-order valence-corrected chi connectivity index (χ1v) is 6.69. The van der Waals surface area contributed by atoms with Gasteiger partial charge in [-0.1, -0.05) is 12.1 Å². The summed E-state index contributed by atoms with van der Waals surface area (Å²) >= 11 is 0. The Hall–Kier alpha value is -2.04. The van der Waals surface area contributed by atoms with Crippen molar-refractivity contribution >= 4 is 17.5 Å². The molecule has 20 heavy (non-hydrogen) atoms. The standard InChI is InChI=1S/C15H21N3O2/c1-10-6-5-7-11(16)12(10)13(19)18-9-8-17(4)14(20)15(18,2)3/h5-7H,8-9,16H2,1-4H3. The van der Waals surface area contributed by atoms with Crippen LogP contribution in [0, 0.1) is 6.92 Å². The van der Waals surface area contributed by atoms with Crippen LogP contribution < -0.4 is 5.73 Å². The van der Waals surface area contributed by atoms with Crippen molar-refractivity contribution in [2.75, 3.05) is 25.9 Å². The Morgan fingerprint density at radius 2 is 1.95 bits per heavy atom. The highest BCUT2D eigenvalue weighted by Crippen LogP contribution is 2.27.